The van der Waals surface area contributed by atoms with Crippen molar-refractivity contribution in [3.8, 4) is 0 Å². The first-order chi connectivity index (χ1) is 11.1. The zero-order valence-electron chi connectivity index (χ0n) is 14.7. The number of aromatic nitrogens is 1. The topological polar surface area (TPSA) is 28.2 Å². The summed E-state index contributed by atoms with van der Waals surface area (Å²) in [7, 11) is 0. The molecule has 2 rings (SSSR count). The highest BCUT2D eigenvalue weighted by atomic mass is 35.5. The van der Waals surface area contributed by atoms with Crippen LogP contribution in [0.3, 0.4) is 0 Å². The molecule has 1 heterocycles. The third kappa shape index (κ3) is 4.58. The Morgan fingerprint density at radius 2 is 2.00 bits per heavy atom. The fourth-order valence-corrected chi connectivity index (χ4v) is 3.18. The lowest BCUT2D eigenvalue weighted by Crippen LogP contribution is -2.25. The van der Waals surface area contributed by atoms with Crippen molar-refractivity contribution >= 4 is 28.2 Å². The van der Waals surface area contributed by atoms with E-state index in [9.17, 15) is 0 Å². The SMILES string of the molecule is CCN(CC)CCCC(C)Nc1c(C)cnc2c(Cl)cccc12. The summed E-state index contributed by atoms with van der Waals surface area (Å²) in [6.45, 7) is 12.2. The number of pyridine rings is 1. The molecule has 126 valence electrons. The first kappa shape index (κ1) is 18.0. The maximum Gasteiger partial charge on any atom is 0.0909 e. The molecule has 0 saturated heterocycles. The van der Waals surface area contributed by atoms with Crippen molar-refractivity contribution in [3.05, 3.63) is 35.0 Å². The number of fused-ring (bicyclic) bond motifs is 1. The maximum absolute atomic E-state index is 6.27. The number of hydrogen-bond acceptors (Lipinski definition) is 3. The maximum atomic E-state index is 6.27. The molecule has 4 heteroatoms. The van der Waals surface area contributed by atoms with Gasteiger partial charge in [-0.1, -0.05) is 37.6 Å². The van der Waals surface area contributed by atoms with Crippen LogP contribution in [-0.2, 0) is 0 Å². The van der Waals surface area contributed by atoms with E-state index in [1.54, 1.807) is 0 Å². The van der Waals surface area contributed by atoms with Crippen molar-refractivity contribution in [2.24, 2.45) is 0 Å². The van der Waals surface area contributed by atoms with Gasteiger partial charge in [0.15, 0.2) is 0 Å². The van der Waals surface area contributed by atoms with Gasteiger partial charge < -0.3 is 10.2 Å². The van der Waals surface area contributed by atoms with Gasteiger partial charge in [0.2, 0.25) is 0 Å². The highest BCUT2D eigenvalue weighted by Gasteiger charge is 2.11. The fraction of sp³-hybridized carbons (Fsp3) is 0.526. The minimum Gasteiger partial charge on any atom is -0.382 e. The van der Waals surface area contributed by atoms with Gasteiger partial charge >= 0.3 is 0 Å². The van der Waals surface area contributed by atoms with E-state index in [2.05, 4.69) is 49.0 Å². The van der Waals surface area contributed by atoms with Gasteiger partial charge in [-0.2, -0.15) is 0 Å². The zero-order valence-corrected chi connectivity index (χ0v) is 15.5. The van der Waals surface area contributed by atoms with Crippen molar-refractivity contribution in [2.45, 2.75) is 46.6 Å². The van der Waals surface area contributed by atoms with Crippen molar-refractivity contribution in [1.29, 1.82) is 0 Å². The van der Waals surface area contributed by atoms with Crippen LogP contribution < -0.4 is 5.32 Å². The molecule has 0 aliphatic rings. The molecule has 0 fully saturated rings. The lowest BCUT2D eigenvalue weighted by atomic mass is 10.1. The highest BCUT2D eigenvalue weighted by molar-refractivity contribution is 6.35. The lowest BCUT2D eigenvalue weighted by molar-refractivity contribution is 0.295. The van der Waals surface area contributed by atoms with Crippen LogP contribution in [0.15, 0.2) is 24.4 Å². The minimum atomic E-state index is 0.425. The summed E-state index contributed by atoms with van der Waals surface area (Å²) in [5, 5.41) is 5.49. The molecule has 1 aromatic carbocycles. The number of anilines is 1. The average molecular weight is 334 g/mol. The monoisotopic (exact) mass is 333 g/mol. The van der Waals surface area contributed by atoms with Crippen LogP contribution in [-0.4, -0.2) is 35.6 Å². The number of rotatable bonds is 8. The second-order valence-corrected chi connectivity index (χ2v) is 6.57. The smallest absolute Gasteiger partial charge is 0.0909 e. The minimum absolute atomic E-state index is 0.425. The van der Waals surface area contributed by atoms with Crippen molar-refractivity contribution in [2.75, 3.05) is 25.0 Å². The summed E-state index contributed by atoms with van der Waals surface area (Å²) < 4.78 is 0. The van der Waals surface area contributed by atoms with E-state index in [0.29, 0.717) is 11.1 Å². The average Bonchev–Trinajstić information content (AvgIpc) is 2.54. The van der Waals surface area contributed by atoms with Gasteiger partial charge in [-0.3, -0.25) is 4.98 Å². The molecule has 1 aromatic heterocycles. The normalized spacial score (nSPS) is 12.8. The van der Waals surface area contributed by atoms with Crippen LogP contribution in [0.1, 0.15) is 39.2 Å². The molecular formula is C19H28ClN3. The highest BCUT2D eigenvalue weighted by Crippen LogP contribution is 2.30. The van der Waals surface area contributed by atoms with Crippen molar-refractivity contribution in [3.63, 3.8) is 0 Å². The van der Waals surface area contributed by atoms with E-state index in [4.69, 9.17) is 11.6 Å². The molecular weight excluding hydrogens is 306 g/mol. The molecule has 1 unspecified atom stereocenters. The van der Waals surface area contributed by atoms with Crippen LogP contribution in [0.25, 0.3) is 10.9 Å². The Balaban J connectivity index is 2.06. The molecule has 0 saturated carbocycles. The Bertz CT molecular complexity index is 638. The molecule has 1 N–H and O–H groups in total. The predicted octanol–water partition coefficient (Wildman–Crippen LogP) is 5.12. The van der Waals surface area contributed by atoms with Crippen molar-refractivity contribution in [1.82, 2.24) is 9.88 Å². The van der Waals surface area contributed by atoms with Gasteiger partial charge in [-0.15, -0.1) is 0 Å². The molecule has 3 nitrogen and oxygen atoms in total. The van der Waals surface area contributed by atoms with Crippen molar-refractivity contribution < 1.29 is 0 Å². The second kappa shape index (κ2) is 8.51. The first-order valence-electron chi connectivity index (χ1n) is 8.59. The van der Waals surface area contributed by atoms with E-state index >= 15 is 0 Å². The Morgan fingerprint density at radius 1 is 1.26 bits per heavy atom. The fourth-order valence-electron chi connectivity index (χ4n) is 2.96. The van der Waals surface area contributed by atoms with Crippen LogP contribution in [0.5, 0.6) is 0 Å². The van der Waals surface area contributed by atoms with Gasteiger partial charge in [-0.25, -0.2) is 0 Å². The van der Waals surface area contributed by atoms with Crippen LogP contribution in [0.2, 0.25) is 5.02 Å². The van der Waals surface area contributed by atoms with Crippen LogP contribution in [0, 0.1) is 6.92 Å². The molecule has 0 radical (unpaired) electrons. The van der Waals surface area contributed by atoms with Gasteiger partial charge in [0, 0.05) is 23.3 Å². The first-order valence-corrected chi connectivity index (χ1v) is 8.97. The van der Waals surface area contributed by atoms with E-state index in [1.165, 1.54) is 13.0 Å². The van der Waals surface area contributed by atoms with E-state index in [1.807, 2.05) is 18.3 Å². The number of halogens is 1. The van der Waals surface area contributed by atoms with Crippen LogP contribution >= 0.6 is 11.6 Å². The summed E-state index contributed by atoms with van der Waals surface area (Å²) in [6, 6.07) is 6.39. The molecule has 0 aliphatic carbocycles. The quantitative estimate of drug-likeness (QED) is 0.726. The van der Waals surface area contributed by atoms with E-state index in [0.717, 1.165) is 41.7 Å². The molecule has 1 atom stereocenters. The Morgan fingerprint density at radius 3 is 2.70 bits per heavy atom. The Kier molecular flexibility index (Phi) is 6.67. The molecule has 23 heavy (non-hydrogen) atoms. The standard InChI is InChI=1S/C19H28ClN3/c1-5-23(6-2)12-8-9-15(4)22-18-14(3)13-21-19-16(18)10-7-11-17(19)20/h7,10-11,13,15H,5-6,8-9,12H2,1-4H3,(H,21,22). The summed E-state index contributed by atoms with van der Waals surface area (Å²) >= 11 is 6.27. The number of hydrogen-bond donors (Lipinski definition) is 1. The Labute approximate surface area is 145 Å². The van der Waals surface area contributed by atoms with Gasteiger partial charge in [0.25, 0.3) is 0 Å². The second-order valence-electron chi connectivity index (χ2n) is 6.17. The summed E-state index contributed by atoms with van der Waals surface area (Å²) in [4.78, 5) is 6.95. The Hall–Kier alpha value is -1.32. The molecule has 2 aromatic rings. The predicted molar refractivity (Wildman–Crippen MR) is 102 cm³/mol. The molecule has 0 aliphatic heterocycles. The molecule has 0 amide bonds. The van der Waals surface area contributed by atoms with Gasteiger partial charge in [-0.05, 0) is 58.0 Å². The molecule has 0 spiro atoms. The van der Waals surface area contributed by atoms with Crippen LogP contribution in [0.4, 0.5) is 5.69 Å². The van der Waals surface area contributed by atoms with E-state index < -0.39 is 0 Å². The number of nitrogens with one attached hydrogen (secondary N) is 1. The third-order valence-corrected chi connectivity index (χ3v) is 4.74. The largest absolute Gasteiger partial charge is 0.382 e. The summed E-state index contributed by atoms with van der Waals surface area (Å²) in [6.07, 6.45) is 4.26. The molecule has 0 bridgehead atoms. The number of aryl methyl sites for hydroxylation is 1. The summed E-state index contributed by atoms with van der Waals surface area (Å²) in [5.41, 5.74) is 3.20. The lowest BCUT2D eigenvalue weighted by Gasteiger charge is -2.21. The number of nitrogens with zero attached hydrogens (tertiary/aromatic N) is 2. The summed E-state index contributed by atoms with van der Waals surface area (Å²) in [5.74, 6) is 0. The van der Waals surface area contributed by atoms with Gasteiger partial charge in [0.1, 0.15) is 0 Å². The number of para-hydroxylation sites is 1. The third-order valence-electron chi connectivity index (χ3n) is 4.43. The zero-order chi connectivity index (χ0) is 16.8. The number of benzene rings is 1. The van der Waals surface area contributed by atoms with Gasteiger partial charge in [0.05, 0.1) is 10.5 Å². The van der Waals surface area contributed by atoms with E-state index in [-0.39, 0.29) is 0 Å².